The lowest BCUT2D eigenvalue weighted by molar-refractivity contribution is -0.140. The Kier molecular flexibility index (Phi) is 10.8. The van der Waals surface area contributed by atoms with Crippen molar-refractivity contribution in [2.24, 2.45) is 0 Å². The van der Waals surface area contributed by atoms with Crippen LogP contribution in [0.15, 0.2) is 42.5 Å². The van der Waals surface area contributed by atoms with E-state index in [1.807, 2.05) is 45.9 Å². The van der Waals surface area contributed by atoms with E-state index in [2.05, 4.69) is 5.32 Å². The predicted molar refractivity (Wildman–Crippen MR) is 147 cm³/mol. The van der Waals surface area contributed by atoms with Crippen LogP contribution in [-0.2, 0) is 26.2 Å². The van der Waals surface area contributed by atoms with Gasteiger partial charge in [-0.15, -0.1) is 0 Å². The van der Waals surface area contributed by atoms with Crippen LogP contribution in [0.3, 0.4) is 0 Å². The number of nitrogens with one attached hydrogen (secondary N) is 1. The van der Waals surface area contributed by atoms with Gasteiger partial charge in [0.15, 0.2) is 0 Å². The number of hydrogen-bond acceptors (Lipinski definition) is 4. The number of aryl methyl sites for hydroxylation is 1. The van der Waals surface area contributed by atoms with Crippen molar-refractivity contribution < 1.29 is 18.0 Å². The Bertz CT molecular complexity index is 1170. The zero-order valence-electron chi connectivity index (χ0n) is 22.0. The van der Waals surface area contributed by atoms with E-state index in [1.165, 1.54) is 15.5 Å². The molecule has 198 valence electrons. The van der Waals surface area contributed by atoms with Gasteiger partial charge in [-0.3, -0.25) is 13.9 Å². The Labute approximate surface area is 220 Å². The quantitative estimate of drug-likeness (QED) is 0.421. The number of nitrogens with zero attached hydrogens (tertiary/aromatic N) is 2. The van der Waals surface area contributed by atoms with Crippen molar-refractivity contribution in [3.05, 3.63) is 64.2 Å². The monoisotopic (exact) mass is 535 g/mol. The summed E-state index contributed by atoms with van der Waals surface area (Å²) in [5.41, 5.74) is 3.30. The lowest BCUT2D eigenvalue weighted by Crippen LogP contribution is -2.49. The van der Waals surface area contributed by atoms with Crippen molar-refractivity contribution in [3.8, 4) is 0 Å². The maximum absolute atomic E-state index is 13.4. The van der Waals surface area contributed by atoms with Crippen LogP contribution in [0.1, 0.15) is 56.7 Å². The van der Waals surface area contributed by atoms with E-state index in [1.54, 1.807) is 31.2 Å². The van der Waals surface area contributed by atoms with Crippen molar-refractivity contribution in [3.63, 3.8) is 0 Å². The van der Waals surface area contributed by atoms with Gasteiger partial charge in [-0.2, -0.15) is 0 Å². The molecule has 36 heavy (non-hydrogen) atoms. The van der Waals surface area contributed by atoms with Gasteiger partial charge in [0.2, 0.25) is 21.8 Å². The molecule has 2 amide bonds. The summed E-state index contributed by atoms with van der Waals surface area (Å²) in [5.74, 6) is -0.455. The molecule has 0 aromatic heterocycles. The molecule has 0 saturated heterocycles. The number of rotatable bonds is 12. The second kappa shape index (κ2) is 13.1. The first kappa shape index (κ1) is 29.6. The van der Waals surface area contributed by atoms with Gasteiger partial charge in [-0.05, 0) is 75.4 Å². The summed E-state index contributed by atoms with van der Waals surface area (Å²) in [4.78, 5) is 27.8. The molecule has 2 aromatic rings. The summed E-state index contributed by atoms with van der Waals surface area (Å²) in [6.45, 7) is 9.81. The molecule has 0 spiro atoms. The summed E-state index contributed by atoms with van der Waals surface area (Å²) >= 11 is 6.14. The normalized spacial score (nSPS) is 13.1. The average Bonchev–Trinajstić information content (AvgIpc) is 2.81. The van der Waals surface area contributed by atoms with Crippen LogP contribution in [-0.4, -0.2) is 50.0 Å². The highest BCUT2D eigenvalue weighted by Crippen LogP contribution is 2.25. The Morgan fingerprint density at radius 2 is 1.75 bits per heavy atom. The molecule has 2 rings (SSSR count). The number of halogens is 1. The lowest BCUT2D eigenvalue weighted by Gasteiger charge is -2.30. The summed E-state index contributed by atoms with van der Waals surface area (Å²) < 4.78 is 26.5. The summed E-state index contributed by atoms with van der Waals surface area (Å²) in [5, 5.41) is 3.49. The standard InChI is InChI=1S/C27H38ClN3O4S/c1-7-20(3)29-27(33)22(5)30(18-23-12-9-13-24(28)17-23)26(32)15-10-16-31(36(6,34)35)25-14-8-11-19(2)21(25)4/h8-9,11-14,17,20,22H,7,10,15-16,18H2,1-6H3,(H,29,33)/t20-,22+/m0/s1. The molecule has 0 fully saturated rings. The molecule has 0 aliphatic rings. The lowest BCUT2D eigenvalue weighted by atomic mass is 10.1. The van der Waals surface area contributed by atoms with Gasteiger partial charge in [0, 0.05) is 30.6 Å². The number of benzene rings is 2. The van der Waals surface area contributed by atoms with Gasteiger partial charge >= 0.3 is 0 Å². The Morgan fingerprint density at radius 1 is 1.08 bits per heavy atom. The molecule has 0 aliphatic heterocycles. The van der Waals surface area contributed by atoms with E-state index in [9.17, 15) is 18.0 Å². The van der Waals surface area contributed by atoms with Crippen molar-refractivity contribution in [1.29, 1.82) is 0 Å². The molecule has 0 heterocycles. The third-order valence-electron chi connectivity index (χ3n) is 6.41. The van der Waals surface area contributed by atoms with Crippen LogP contribution in [0.4, 0.5) is 5.69 Å². The zero-order chi connectivity index (χ0) is 27.0. The first-order valence-corrected chi connectivity index (χ1v) is 14.5. The van der Waals surface area contributed by atoms with Gasteiger partial charge in [0.05, 0.1) is 11.9 Å². The van der Waals surface area contributed by atoms with Gasteiger partial charge in [0.25, 0.3) is 0 Å². The zero-order valence-corrected chi connectivity index (χ0v) is 23.6. The first-order valence-electron chi connectivity index (χ1n) is 12.2. The van der Waals surface area contributed by atoms with Crippen molar-refractivity contribution in [2.75, 3.05) is 17.1 Å². The van der Waals surface area contributed by atoms with Crippen LogP contribution < -0.4 is 9.62 Å². The number of sulfonamides is 1. The number of carbonyl (C=O) groups is 2. The van der Waals surface area contributed by atoms with E-state index < -0.39 is 16.1 Å². The molecule has 0 saturated carbocycles. The van der Waals surface area contributed by atoms with Crippen LogP contribution in [0.5, 0.6) is 0 Å². The maximum Gasteiger partial charge on any atom is 0.242 e. The van der Waals surface area contributed by atoms with Crippen LogP contribution in [0.2, 0.25) is 5.02 Å². The Morgan fingerprint density at radius 3 is 2.36 bits per heavy atom. The molecule has 7 nitrogen and oxygen atoms in total. The van der Waals surface area contributed by atoms with Gasteiger partial charge in [0.1, 0.15) is 6.04 Å². The number of hydrogen-bond donors (Lipinski definition) is 1. The van der Waals surface area contributed by atoms with Crippen molar-refractivity contribution >= 4 is 39.1 Å². The average molecular weight is 536 g/mol. The minimum atomic E-state index is -3.55. The molecule has 0 radical (unpaired) electrons. The molecule has 0 unspecified atom stereocenters. The molecular weight excluding hydrogens is 498 g/mol. The van der Waals surface area contributed by atoms with E-state index in [-0.39, 0.29) is 37.4 Å². The SMILES string of the molecule is CC[C@H](C)NC(=O)[C@@H](C)N(Cc1cccc(Cl)c1)C(=O)CCCN(c1cccc(C)c1C)S(C)(=O)=O. The Balaban J connectivity index is 2.21. The molecule has 0 bridgehead atoms. The number of carbonyl (C=O) groups excluding carboxylic acids is 2. The first-order chi connectivity index (χ1) is 16.8. The minimum Gasteiger partial charge on any atom is -0.352 e. The van der Waals surface area contributed by atoms with Crippen LogP contribution in [0.25, 0.3) is 0 Å². The van der Waals surface area contributed by atoms with Gasteiger partial charge < -0.3 is 10.2 Å². The smallest absolute Gasteiger partial charge is 0.242 e. The summed E-state index contributed by atoms with van der Waals surface area (Å²) in [6, 6.07) is 12.0. The molecule has 1 N–H and O–H groups in total. The second-order valence-electron chi connectivity index (χ2n) is 9.30. The fourth-order valence-electron chi connectivity index (χ4n) is 3.87. The number of amides is 2. The van der Waals surface area contributed by atoms with Crippen LogP contribution in [0, 0.1) is 13.8 Å². The topological polar surface area (TPSA) is 86.8 Å². The highest BCUT2D eigenvalue weighted by atomic mass is 35.5. The Hall–Kier alpha value is -2.58. The summed E-state index contributed by atoms with van der Waals surface area (Å²) in [7, 11) is -3.55. The maximum atomic E-state index is 13.4. The van der Waals surface area contributed by atoms with Crippen molar-refractivity contribution in [2.45, 2.75) is 72.5 Å². The molecule has 2 atom stereocenters. The highest BCUT2D eigenvalue weighted by Gasteiger charge is 2.27. The van der Waals surface area contributed by atoms with Gasteiger partial charge in [-0.25, -0.2) is 8.42 Å². The van der Waals surface area contributed by atoms with E-state index in [0.29, 0.717) is 17.1 Å². The second-order valence-corrected chi connectivity index (χ2v) is 11.6. The fraction of sp³-hybridized carbons (Fsp3) is 0.481. The molecule has 2 aromatic carbocycles. The third-order valence-corrected chi connectivity index (χ3v) is 7.82. The molecular formula is C27H38ClN3O4S. The predicted octanol–water partition coefficient (Wildman–Crippen LogP) is 4.84. The van der Waals surface area contributed by atoms with Crippen LogP contribution >= 0.6 is 11.6 Å². The van der Waals surface area contributed by atoms with E-state index in [0.717, 1.165) is 23.1 Å². The third kappa shape index (κ3) is 8.23. The van der Waals surface area contributed by atoms with Crippen molar-refractivity contribution in [1.82, 2.24) is 10.2 Å². The van der Waals surface area contributed by atoms with Gasteiger partial charge in [-0.1, -0.05) is 42.8 Å². The minimum absolute atomic E-state index is 0.0102. The fourth-order valence-corrected chi connectivity index (χ4v) is 5.10. The van der Waals surface area contributed by atoms with E-state index >= 15 is 0 Å². The molecule has 9 heteroatoms. The highest BCUT2D eigenvalue weighted by molar-refractivity contribution is 7.92. The number of anilines is 1. The summed E-state index contributed by atoms with van der Waals surface area (Å²) in [6.07, 6.45) is 2.35. The molecule has 0 aliphatic carbocycles. The largest absolute Gasteiger partial charge is 0.352 e. The van der Waals surface area contributed by atoms with E-state index in [4.69, 9.17) is 11.6 Å².